The molecule has 3 aromatic rings. The van der Waals surface area contributed by atoms with Crippen LogP contribution in [0.3, 0.4) is 0 Å². The molecule has 1 aromatic carbocycles. The van der Waals surface area contributed by atoms with Crippen molar-refractivity contribution in [2.24, 2.45) is 0 Å². The van der Waals surface area contributed by atoms with Gasteiger partial charge in [-0.3, -0.25) is 0 Å². The average Bonchev–Trinajstić information content (AvgIpc) is 2.59. The zero-order valence-corrected chi connectivity index (χ0v) is 15.0. The van der Waals surface area contributed by atoms with Crippen LogP contribution in [-0.2, 0) is 0 Å². The third kappa shape index (κ3) is 3.98. The van der Waals surface area contributed by atoms with Crippen LogP contribution in [0.1, 0.15) is 5.56 Å². The molecule has 5 nitrogen and oxygen atoms in total. The maximum absolute atomic E-state index is 8.76. The third-order valence-electron chi connectivity index (χ3n) is 3.19. The van der Waals surface area contributed by atoms with Crippen molar-refractivity contribution < 1.29 is 0 Å². The molecule has 0 aliphatic rings. The molecule has 0 bridgehead atoms. The molecule has 2 heterocycles. The number of aromatic nitrogens is 3. The topological polar surface area (TPSA) is 74.5 Å². The van der Waals surface area contributed by atoms with E-state index in [-0.39, 0.29) is 21.0 Å². The van der Waals surface area contributed by atoms with Crippen LogP contribution < -0.4 is 9.80 Å². The first-order valence-corrected chi connectivity index (χ1v) is 9.93. The van der Waals surface area contributed by atoms with Crippen LogP contribution in [-0.4, -0.2) is 37.2 Å². The van der Waals surface area contributed by atoms with Crippen molar-refractivity contribution in [3.05, 3.63) is 53.4 Å². The molecule has 2 aromatic heterocycles. The van der Waals surface area contributed by atoms with E-state index in [4.69, 9.17) is 16.9 Å². The Morgan fingerprint density at radius 2 is 2.04 bits per heavy atom. The first kappa shape index (κ1) is 15.7. The fourth-order valence-electron chi connectivity index (χ4n) is 2.12. The van der Waals surface area contributed by atoms with Crippen LogP contribution in [0, 0.1) is 11.3 Å². The summed E-state index contributed by atoms with van der Waals surface area (Å²) in [5.74, 6) is 0.764. The van der Waals surface area contributed by atoms with Gasteiger partial charge < -0.3 is 0 Å². The average molecular weight is 386 g/mol. The number of rotatable bonds is 5. The zero-order chi connectivity index (χ0) is 16.1. The second-order valence-corrected chi connectivity index (χ2v) is 7.96. The van der Waals surface area contributed by atoms with Gasteiger partial charge in [0.1, 0.15) is 0 Å². The molecule has 3 rings (SSSR count). The van der Waals surface area contributed by atoms with E-state index in [1.807, 2.05) is 36.4 Å². The predicted molar refractivity (Wildman–Crippen MR) is 93.6 cm³/mol. The van der Waals surface area contributed by atoms with Gasteiger partial charge in [0, 0.05) is 0 Å². The summed E-state index contributed by atoms with van der Waals surface area (Å²) in [6.07, 6.45) is 1.63. The summed E-state index contributed by atoms with van der Waals surface area (Å²) in [4.78, 5) is 12.8. The Hall–Kier alpha value is -2.15. The minimum absolute atomic E-state index is 0.246. The molecule has 0 aliphatic heterocycles. The quantitative estimate of drug-likeness (QED) is 0.414. The van der Waals surface area contributed by atoms with Gasteiger partial charge in [0.05, 0.1) is 0 Å². The van der Waals surface area contributed by atoms with E-state index >= 15 is 0 Å². The van der Waals surface area contributed by atoms with E-state index in [1.54, 1.807) is 6.20 Å². The van der Waals surface area contributed by atoms with Crippen molar-refractivity contribution in [1.29, 1.82) is 5.26 Å². The molecule has 0 spiro atoms. The Labute approximate surface area is 145 Å². The second kappa shape index (κ2) is 7.41. The van der Waals surface area contributed by atoms with Gasteiger partial charge in [-0.25, -0.2) is 0 Å². The van der Waals surface area contributed by atoms with Crippen molar-refractivity contribution in [3.8, 4) is 6.07 Å². The number of anilines is 1. The predicted octanol–water partition coefficient (Wildman–Crippen LogP) is 2.14. The second-order valence-electron chi connectivity index (χ2n) is 4.76. The number of benzene rings is 1. The minimum atomic E-state index is -0.341. The van der Waals surface area contributed by atoms with Gasteiger partial charge in [0.25, 0.3) is 0 Å². The number of nitrogens with one attached hydrogen (secondary N) is 1. The van der Waals surface area contributed by atoms with E-state index in [0.717, 1.165) is 33.0 Å². The molecular weight excluding hydrogens is 373 g/mol. The van der Waals surface area contributed by atoms with E-state index < -0.39 is 0 Å². The molecule has 7 heteroatoms. The van der Waals surface area contributed by atoms with Crippen LogP contribution in [0.4, 0.5) is 5.82 Å². The summed E-state index contributed by atoms with van der Waals surface area (Å²) in [5, 5.41) is 14.3. The van der Waals surface area contributed by atoms with Gasteiger partial charge >= 0.3 is 145 Å². The molecule has 0 aliphatic carbocycles. The Balaban J connectivity index is 1.61. The Kier molecular flexibility index (Phi) is 5.07. The molecular formula is C16H13AsClN5. The molecule has 0 saturated heterocycles. The van der Waals surface area contributed by atoms with Gasteiger partial charge in [-0.1, -0.05) is 0 Å². The van der Waals surface area contributed by atoms with Crippen molar-refractivity contribution in [2.45, 2.75) is 5.21 Å². The van der Waals surface area contributed by atoms with Crippen LogP contribution in [0.2, 0.25) is 10.5 Å². The van der Waals surface area contributed by atoms with Crippen LogP contribution in [0.5, 0.6) is 0 Å². The van der Waals surface area contributed by atoms with Crippen molar-refractivity contribution >= 4 is 48.6 Å². The van der Waals surface area contributed by atoms with Gasteiger partial charge in [-0.2, -0.15) is 0 Å². The fraction of sp³-hybridized carbons (Fsp3) is 0.125. The molecule has 23 heavy (non-hydrogen) atoms. The molecule has 0 radical (unpaired) electrons. The number of halogens is 1. The summed E-state index contributed by atoms with van der Waals surface area (Å²) in [6, 6.07) is 13.6. The Bertz CT molecular complexity index is 860. The SMILES string of the molecule is N#Cc1ccc([AsH]CCNc2nc(Cl)nc3ccccc23)nc1. The van der Waals surface area contributed by atoms with Gasteiger partial charge in [-0.15, -0.1) is 0 Å². The Morgan fingerprint density at radius 3 is 2.83 bits per heavy atom. The zero-order valence-electron chi connectivity index (χ0n) is 12.1. The first-order chi connectivity index (χ1) is 11.3. The number of pyridine rings is 1. The number of hydrogen-bond acceptors (Lipinski definition) is 5. The van der Waals surface area contributed by atoms with E-state index in [2.05, 4.69) is 26.3 Å². The molecule has 0 fully saturated rings. The number of nitriles is 1. The number of nitrogens with zero attached hydrogens (tertiary/aromatic N) is 4. The summed E-state index contributed by atoms with van der Waals surface area (Å²) >= 11 is 5.63. The summed E-state index contributed by atoms with van der Waals surface area (Å²) in [7, 11) is 0. The van der Waals surface area contributed by atoms with E-state index in [1.165, 1.54) is 0 Å². The Morgan fingerprint density at radius 1 is 1.17 bits per heavy atom. The van der Waals surface area contributed by atoms with Gasteiger partial charge in [0.15, 0.2) is 0 Å². The number of fused-ring (bicyclic) bond motifs is 1. The third-order valence-corrected chi connectivity index (χ3v) is 5.79. The normalized spacial score (nSPS) is 11.0. The van der Waals surface area contributed by atoms with Crippen molar-refractivity contribution in [2.75, 3.05) is 11.9 Å². The summed E-state index contributed by atoms with van der Waals surface area (Å²) < 4.78 is 1.09. The van der Waals surface area contributed by atoms with Crippen molar-refractivity contribution in [1.82, 2.24) is 15.0 Å². The number of para-hydroxylation sites is 1. The maximum atomic E-state index is 8.76. The fourth-order valence-corrected chi connectivity index (χ4v) is 4.11. The van der Waals surface area contributed by atoms with E-state index in [0.29, 0.717) is 5.56 Å². The van der Waals surface area contributed by atoms with Crippen LogP contribution in [0.25, 0.3) is 10.9 Å². The monoisotopic (exact) mass is 385 g/mol. The summed E-state index contributed by atoms with van der Waals surface area (Å²) in [6.45, 7) is 0.805. The molecule has 1 atom stereocenters. The molecule has 114 valence electrons. The number of hydrogen-bond donors (Lipinski definition) is 1. The van der Waals surface area contributed by atoms with E-state index in [9.17, 15) is 0 Å². The van der Waals surface area contributed by atoms with Crippen LogP contribution >= 0.6 is 11.6 Å². The molecule has 1 unspecified atom stereocenters. The standard InChI is InChI=1S/C16H13AsClN5/c18-16-22-13-4-2-1-3-12(13)15(23-16)20-8-7-17-14-6-5-11(9-19)10-21-14/h1-6,10,17H,7-8H2,(H,20,22,23). The van der Waals surface area contributed by atoms with Crippen molar-refractivity contribution in [3.63, 3.8) is 0 Å². The van der Waals surface area contributed by atoms with Crippen LogP contribution in [0.15, 0.2) is 42.6 Å². The summed E-state index contributed by atoms with van der Waals surface area (Å²) in [5.41, 5.74) is 1.43. The molecule has 0 amide bonds. The molecule has 1 N–H and O–H groups in total. The van der Waals surface area contributed by atoms with Gasteiger partial charge in [0.2, 0.25) is 0 Å². The molecule has 0 saturated carbocycles. The first-order valence-electron chi connectivity index (χ1n) is 7.02. The van der Waals surface area contributed by atoms with Gasteiger partial charge in [-0.05, 0) is 0 Å².